The topological polar surface area (TPSA) is 55.4 Å². The molecule has 0 bridgehead atoms. The van der Waals surface area contributed by atoms with Crippen molar-refractivity contribution in [1.82, 2.24) is 0 Å². The molecule has 0 fully saturated rings. The molecule has 0 aliphatic rings. The Balaban J connectivity index is 5.75. The third-order valence-corrected chi connectivity index (χ3v) is 12.2. The number of hydrogen-bond acceptors (Lipinski definition) is 6. The highest BCUT2D eigenvalue weighted by Crippen LogP contribution is 2.28. The molecule has 0 amide bonds. The van der Waals surface area contributed by atoms with E-state index in [9.17, 15) is 0 Å². The molecule has 140 valence electrons. The van der Waals surface area contributed by atoms with Gasteiger partial charge >= 0.3 is 16.6 Å². The third kappa shape index (κ3) is 6.91. The van der Waals surface area contributed by atoms with E-state index in [4.69, 9.17) is 26.6 Å². The second-order valence-corrected chi connectivity index (χ2v) is 12.6. The summed E-state index contributed by atoms with van der Waals surface area (Å²) in [6, 6.07) is 0. The van der Waals surface area contributed by atoms with E-state index in [1.165, 1.54) is 0 Å². The monoisotopic (exact) mass is 368 g/mol. The molecule has 0 aliphatic carbocycles. The summed E-state index contributed by atoms with van der Waals surface area (Å²) in [5.74, 6) is 0. The molecule has 0 aromatic heterocycles. The molecule has 0 aliphatic heterocycles. The van der Waals surface area contributed by atoms with E-state index in [0.29, 0.717) is 39.6 Å². The zero-order valence-corrected chi connectivity index (χ0v) is 17.8. The summed E-state index contributed by atoms with van der Waals surface area (Å²) < 4.78 is 36.7. The summed E-state index contributed by atoms with van der Waals surface area (Å²) in [5.41, 5.74) is 0. The standard InChI is InChI=1S/C15H36O6Si2/c1-7-13-19-23(20-14-8-2,21-15-9-3)22(16-10-4,17-11-5)18-12-6/h7-15H2,1-6H3. The minimum Gasteiger partial charge on any atom is -0.371 e. The first kappa shape index (κ1) is 23.2. The van der Waals surface area contributed by atoms with E-state index < -0.39 is 16.6 Å². The molecule has 0 N–H and O–H groups in total. The van der Waals surface area contributed by atoms with Crippen molar-refractivity contribution in [3.05, 3.63) is 0 Å². The average Bonchev–Trinajstić information content (AvgIpc) is 2.55. The van der Waals surface area contributed by atoms with Crippen LogP contribution in [0.5, 0.6) is 0 Å². The fourth-order valence-electron chi connectivity index (χ4n) is 2.06. The molecule has 0 saturated heterocycles. The molecule has 0 heterocycles. The SMILES string of the molecule is CCCO[Si](OCCC)(OCCC)[Si](OCC)(OCC)OCC. The first-order chi connectivity index (χ1) is 11.1. The van der Waals surface area contributed by atoms with Gasteiger partial charge in [-0.3, -0.25) is 0 Å². The van der Waals surface area contributed by atoms with Gasteiger partial charge in [0.25, 0.3) is 0 Å². The maximum absolute atomic E-state index is 6.19. The Bertz CT molecular complexity index is 242. The summed E-state index contributed by atoms with van der Waals surface area (Å²) in [5, 5.41) is 0. The highest BCUT2D eigenvalue weighted by molar-refractivity contribution is 7.26. The molecule has 0 radical (unpaired) electrons. The molecule has 0 atom stereocenters. The van der Waals surface area contributed by atoms with Crippen LogP contribution in [0.15, 0.2) is 0 Å². The van der Waals surface area contributed by atoms with Gasteiger partial charge in [0.2, 0.25) is 0 Å². The van der Waals surface area contributed by atoms with Crippen LogP contribution in [0.1, 0.15) is 60.8 Å². The van der Waals surface area contributed by atoms with Crippen molar-refractivity contribution in [2.45, 2.75) is 60.8 Å². The van der Waals surface area contributed by atoms with Gasteiger partial charge in [-0.1, -0.05) is 20.8 Å². The van der Waals surface area contributed by atoms with Gasteiger partial charge < -0.3 is 26.6 Å². The Morgan fingerprint density at radius 2 is 0.696 bits per heavy atom. The van der Waals surface area contributed by atoms with Crippen molar-refractivity contribution in [2.75, 3.05) is 39.6 Å². The lowest BCUT2D eigenvalue weighted by Gasteiger charge is -2.40. The predicted octanol–water partition coefficient (Wildman–Crippen LogP) is 3.33. The van der Waals surface area contributed by atoms with Gasteiger partial charge in [-0.2, -0.15) is 0 Å². The Kier molecular flexibility index (Phi) is 13.6. The lowest BCUT2D eigenvalue weighted by molar-refractivity contribution is 0.0167. The van der Waals surface area contributed by atoms with E-state index in [2.05, 4.69) is 20.8 Å². The molecule has 0 aromatic carbocycles. The zero-order valence-electron chi connectivity index (χ0n) is 15.8. The molecule has 0 unspecified atom stereocenters. The fourth-order valence-corrected chi connectivity index (χ4v) is 11.6. The lowest BCUT2D eigenvalue weighted by Crippen LogP contribution is -2.74. The van der Waals surface area contributed by atoms with E-state index in [1.54, 1.807) is 0 Å². The minimum atomic E-state index is -3.23. The molecule has 0 spiro atoms. The van der Waals surface area contributed by atoms with E-state index in [-0.39, 0.29) is 0 Å². The summed E-state index contributed by atoms with van der Waals surface area (Å²) in [7, 11) is -6.44. The highest BCUT2D eigenvalue weighted by atomic mass is 29.3. The van der Waals surface area contributed by atoms with Crippen LogP contribution in [0.2, 0.25) is 0 Å². The summed E-state index contributed by atoms with van der Waals surface area (Å²) in [6.07, 6.45) is 2.61. The van der Waals surface area contributed by atoms with Crippen LogP contribution in [-0.4, -0.2) is 56.3 Å². The highest BCUT2D eigenvalue weighted by Gasteiger charge is 2.72. The summed E-state index contributed by atoms with van der Waals surface area (Å²) >= 11 is 0. The maximum atomic E-state index is 6.19. The molecule has 0 saturated carbocycles. The fraction of sp³-hybridized carbons (Fsp3) is 1.00. The van der Waals surface area contributed by atoms with Crippen LogP contribution in [-0.2, 0) is 26.6 Å². The van der Waals surface area contributed by atoms with Gasteiger partial charge in [-0.25, -0.2) is 0 Å². The summed E-state index contributed by atoms with van der Waals surface area (Å²) in [6.45, 7) is 15.0. The van der Waals surface area contributed by atoms with Gasteiger partial charge in [0.1, 0.15) is 0 Å². The van der Waals surface area contributed by atoms with E-state index >= 15 is 0 Å². The van der Waals surface area contributed by atoms with Crippen LogP contribution in [0, 0.1) is 0 Å². The Morgan fingerprint density at radius 1 is 0.435 bits per heavy atom. The van der Waals surface area contributed by atoms with Gasteiger partial charge in [-0.15, -0.1) is 0 Å². The smallest absolute Gasteiger partial charge is 0.371 e. The second-order valence-electron chi connectivity index (χ2n) is 4.96. The van der Waals surface area contributed by atoms with Gasteiger partial charge in [0.05, 0.1) is 0 Å². The molecule has 0 aromatic rings. The van der Waals surface area contributed by atoms with Crippen LogP contribution in [0.4, 0.5) is 0 Å². The van der Waals surface area contributed by atoms with Crippen molar-refractivity contribution in [3.63, 3.8) is 0 Å². The Hall–Kier alpha value is 0.194. The van der Waals surface area contributed by atoms with Crippen molar-refractivity contribution in [2.24, 2.45) is 0 Å². The van der Waals surface area contributed by atoms with Gasteiger partial charge in [0, 0.05) is 39.6 Å². The average molecular weight is 369 g/mol. The maximum Gasteiger partial charge on any atom is 0.577 e. The van der Waals surface area contributed by atoms with Crippen LogP contribution >= 0.6 is 0 Å². The van der Waals surface area contributed by atoms with Crippen molar-refractivity contribution < 1.29 is 26.6 Å². The van der Waals surface area contributed by atoms with Gasteiger partial charge in [0.15, 0.2) is 0 Å². The molecule has 23 heavy (non-hydrogen) atoms. The quantitative estimate of drug-likeness (QED) is 0.390. The lowest BCUT2D eigenvalue weighted by atomic mass is 10.5. The first-order valence-electron chi connectivity index (χ1n) is 8.95. The predicted molar refractivity (Wildman–Crippen MR) is 95.1 cm³/mol. The summed E-state index contributed by atoms with van der Waals surface area (Å²) in [4.78, 5) is 0. The molecular weight excluding hydrogens is 332 g/mol. The Labute approximate surface area is 144 Å². The zero-order chi connectivity index (χ0) is 17.6. The number of rotatable bonds is 16. The Morgan fingerprint density at radius 3 is 0.913 bits per heavy atom. The molecule has 0 rings (SSSR count). The van der Waals surface area contributed by atoms with Crippen LogP contribution < -0.4 is 0 Å². The normalized spacial score (nSPS) is 12.8. The van der Waals surface area contributed by atoms with E-state index in [1.807, 2.05) is 20.8 Å². The van der Waals surface area contributed by atoms with Crippen molar-refractivity contribution in [1.29, 1.82) is 0 Å². The number of hydrogen-bond donors (Lipinski definition) is 0. The molecule has 6 nitrogen and oxygen atoms in total. The largest absolute Gasteiger partial charge is 0.577 e. The van der Waals surface area contributed by atoms with E-state index in [0.717, 1.165) is 19.3 Å². The van der Waals surface area contributed by atoms with Crippen molar-refractivity contribution in [3.8, 4) is 0 Å². The van der Waals surface area contributed by atoms with Crippen LogP contribution in [0.3, 0.4) is 0 Å². The molecular formula is C15H36O6Si2. The first-order valence-corrected chi connectivity index (χ1v) is 13.4. The van der Waals surface area contributed by atoms with Crippen LogP contribution in [0.25, 0.3) is 0 Å². The third-order valence-electron chi connectivity index (χ3n) is 2.87. The van der Waals surface area contributed by atoms with Gasteiger partial charge in [-0.05, 0) is 40.0 Å². The van der Waals surface area contributed by atoms with Crippen molar-refractivity contribution >= 4 is 16.6 Å². The minimum absolute atomic E-state index is 0.474. The second kappa shape index (κ2) is 13.5. The molecule has 8 heteroatoms.